The zero-order valence-corrected chi connectivity index (χ0v) is 15.7. The molecular formula is C17H20ClN3O4S. The summed E-state index contributed by atoms with van der Waals surface area (Å²) in [7, 11) is -3.28. The number of fused-ring (bicyclic) bond motifs is 1. The van der Waals surface area contributed by atoms with Gasteiger partial charge in [0.2, 0.25) is 5.91 Å². The van der Waals surface area contributed by atoms with Gasteiger partial charge < -0.3 is 15.1 Å². The largest absolute Gasteiger partial charge is 0.335 e. The van der Waals surface area contributed by atoms with E-state index in [2.05, 4.69) is 5.32 Å². The Bertz CT molecular complexity index is 855. The summed E-state index contributed by atoms with van der Waals surface area (Å²) in [6, 6.07) is 5.47. The molecule has 9 heteroatoms. The van der Waals surface area contributed by atoms with Crippen LogP contribution in [0.15, 0.2) is 24.3 Å². The van der Waals surface area contributed by atoms with Crippen molar-refractivity contribution in [3.63, 3.8) is 0 Å². The number of hydrogen-bond acceptors (Lipinski definition) is 4. The maximum absolute atomic E-state index is 12.7. The summed E-state index contributed by atoms with van der Waals surface area (Å²) in [4.78, 5) is 28.5. The topological polar surface area (TPSA) is 86.8 Å². The van der Waals surface area contributed by atoms with Crippen LogP contribution in [0.5, 0.6) is 0 Å². The van der Waals surface area contributed by atoms with Crippen LogP contribution in [0.2, 0.25) is 5.02 Å². The summed E-state index contributed by atoms with van der Waals surface area (Å²) < 4.78 is 24.4. The third-order valence-corrected chi connectivity index (χ3v) is 7.16. The Labute approximate surface area is 157 Å². The van der Waals surface area contributed by atoms with Crippen LogP contribution in [0.3, 0.4) is 0 Å². The number of carbonyl (C=O) groups excluding carboxylic acids is 2. The van der Waals surface area contributed by atoms with Crippen molar-refractivity contribution < 1.29 is 18.0 Å². The fourth-order valence-electron chi connectivity index (χ4n) is 3.81. The number of hydrogen-bond donors (Lipinski definition) is 1. The van der Waals surface area contributed by atoms with Crippen molar-refractivity contribution in [2.75, 3.05) is 29.9 Å². The average molecular weight is 398 g/mol. The Hall–Kier alpha value is -1.80. The number of urea groups is 1. The van der Waals surface area contributed by atoms with Crippen LogP contribution in [-0.4, -0.2) is 66.8 Å². The van der Waals surface area contributed by atoms with Crippen molar-refractivity contribution in [2.24, 2.45) is 5.92 Å². The highest BCUT2D eigenvalue weighted by atomic mass is 35.5. The van der Waals surface area contributed by atoms with E-state index in [-0.39, 0.29) is 29.4 Å². The fourth-order valence-corrected chi connectivity index (χ4v) is 5.98. The van der Waals surface area contributed by atoms with E-state index in [4.69, 9.17) is 11.6 Å². The number of rotatable bonds is 2. The number of piperazine rings is 1. The second kappa shape index (κ2) is 6.42. The lowest BCUT2D eigenvalue weighted by atomic mass is 10.0. The normalized spacial score (nSPS) is 27.1. The third-order valence-electron chi connectivity index (χ3n) is 5.22. The second-order valence-electron chi connectivity index (χ2n) is 7.15. The summed E-state index contributed by atoms with van der Waals surface area (Å²) >= 11 is 5.94. The summed E-state index contributed by atoms with van der Waals surface area (Å²) in [5.41, 5.74) is 0.552. The first-order valence-corrected chi connectivity index (χ1v) is 10.9. The quantitative estimate of drug-likeness (QED) is 0.821. The number of carbonyl (C=O) groups is 2. The van der Waals surface area contributed by atoms with Gasteiger partial charge in [-0.15, -0.1) is 0 Å². The summed E-state index contributed by atoms with van der Waals surface area (Å²) in [6.07, 6.45) is 1.75. The van der Waals surface area contributed by atoms with Crippen molar-refractivity contribution in [1.82, 2.24) is 9.80 Å². The molecule has 3 aliphatic rings. The van der Waals surface area contributed by atoms with E-state index in [1.807, 2.05) is 0 Å². The number of benzene rings is 1. The number of sulfone groups is 1. The zero-order chi connectivity index (χ0) is 18.5. The van der Waals surface area contributed by atoms with Gasteiger partial charge in [-0.25, -0.2) is 13.2 Å². The van der Waals surface area contributed by atoms with Gasteiger partial charge in [-0.2, -0.15) is 0 Å². The van der Waals surface area contributed by atoms with Crippen molar-refractivity contribution >= 4 is 39.1 Å². The molecular weight excluding hydrogens is 378 g/mol. The maximum Gasteiger partial charge on any atom is 0.322 e. The molecule has 0 unspecified atom stereocenters. The van der Waals surface area contributed by atoms with Crippen molar-refractivity contribution in [2.45, 2.75) is 24.9 Å². The molecule has 0 radical (unpaired) electrons. The summed E-state index contributed by atoms with van der Waals surface area (Å²) in [6.45, 7) is 0.691. The maximum atomic E-state index is 12.7. The van der Waals surface area contributed by atoms with Gasteiger partial charge in [0.15, 0.2) is 9.84 Å². The molecule has 1 aromatic carbocycles. The van der Waals surface area contributed by atoms with E-state index >= 15 is 0 Å². The molecule has 1 N–H and O–H groups in total. The average Bonchev–Trinajstić information content (AvgIpc) is 3.35. The Balaban J connectivity index is 1.54. The predicted octanol–water partition coefficient (Wildman–Crippen LogP) is 1.59. The van der Waals surface area contributed by atoms with Crippen LogP contribution >= 0.6 is 11.6 Å². The molecule has 2 saturated heterocycles. The van der Waals surface area contributed by atoms with Gasteiger partial charge in [0.25, 0.3) is 0 Å². The Morgan fingerprint density at radius 1 is 1.08 bits per heavy atom. The van der Waals surface area contributed by atoms with E-state index in [0.717, 1.165) is 12.8 Å². The Kier molecular flexibility index (Phi) is 4.35. The number of amides is 3. The minimum Gasteiger partial charge on any atom is -0.335 e. The molecule has 1 saturated carbocycles. The molecule has 4 rings (SSSR count). The van der Waals surface area contributed by atoms with E-state index in [1.165, 1.54) is 0 Å². The number of anilines is 1. The van der Waals surface area contributed by atoms with Crippen LogP contribution < -0.4 is 5.32 Å². The van der Waals surface area contributed by atoms with E-state index in [1.54, 1.807) is 34.1 Å². The first-order chi connectivity index (χ1) is 12.3. The lowest BCUT2D eigenvalue weighted by Gasteiger charge is -2.43. The first kappa shape index (κ1) is 17.6. The molecule has 7 nitrogen and oxygen atoms in total. The number of nitrogens with zero attached hydrogens (tertiary/aromatic N) is 2. The minimum atomic E-state index is -3.28. The molecule has 1 aliphatic carbocycles. The van der Waals surface area contributed by atoms with Gasteiger partial charge in [0, 0.05) is 29.7 Å². The van der Waals surface area contributed by atoms with Gasteiger partial charge in [0.1, 0.15) is 0 Å². The molecule has 2 aliphatic heterocycles. The SMILES string of the molecule is O=C(C1CC1)N1CCN(C(=O)Nc2cccc(Cl)c2)[C@H]2CS(=O)(=O)C[C@H]21. The van der Waals surface area contributed by atoms with Gasteiger partial charge in [-0.1, -0.05) is 17.7 Å². The highest BCUT2D eigenvalue weighted by Gasteiger charge is 2.51. The molecule has 3 fully saturated rings. The van der Waals surface area contributed by atoms with Crippen LogP contribution in [0.1, 0.15) is 12.8 Å². The monoisotopic (exact) mass is 397 g/mol. The second-order valence-corrected chi connectivity index (χ2v) is 9.74. The fraction of sp³-hybridized carbons (Fsp3) is 0.529. The standard InChI is InChI=1S/C17H20ClN3O4S/c18-12-2-1-3-13(8-12)19-17(23)21-7-6-20(16(22)11-4-5-11)14-9-26(24,25)10-15(14)21/h1-3,8,11,14-15H,4-7,9-10H2,(H,19,23)/t14-,15+/m1/s1. The predicted molar refractivity (Wildman–Crippen MR) is 97.8 cm³/mol. The third kappa shape index (κ3) is 3.40. The van der Waals surface area contributed by atoms with Crippen LogP contribution in [0, 0.1) is 5.92 Å². The van der Waals surface area contributed by atoms with Crippen LogP contribution in [-0.2, 0) is 14.6 Å². The lowest BCUT2D eigenvalue weighted by Crippen LogP contribution is -2.62. The van der Waals surface area contributed by atoms with E-state index in [0.29, 0.717) is 23.8 Å². The highest BCUT2D eigenvalue weighted by Crippen LogP contribution is 2.35. The van der Waals surface area contributed by atoms with Crippen molar-refractivity contribution in [1.29, 1.82) is 0 Å². The smallest absolute Gasteiger partial charge is 0.322 e. The minimum absolute atomic E-state index is 0.0331. The summed E-state index contributed by atoms with van der Waals surface area (Å²) in [5.74, 6) is -0.107. The van der Waals surface area contributed by atoms with E-state index < -0.39 is 21.9 Å². The van der Waals surface area contributed by atoms with Gasteiger partial charge in [0.05, 0.1) is 23.6 Å². The number of nitrogens with one attached hydrogen (secondary N) is 1. The van der Waals surface area contributed by atoms with Crippen LogP contribution in [0.4, 0.5) is 10.5 Å². The van der Waals surface area contributed by atoms with Gasteiger partial charge in [-0.05, 0) is 31.0 Å². The van der Waals surface area contributed by atoms with E-state index in [9.17, 15) is 18.0 Å². The molecule has 26 heavy (non-hydrogen) atoms. The van der Waals surface area contributed by atoms with Gasteiger partial charge >= 0.3 is 6.03 Å². The van der Waals surface area contributed by atoms with Crippen molar-refractivity contribution in [3.8, 4) is 0 Å². The lowest BCUT2D eigenvalue weighted by molar-refractivity contribution is -0.137. The van der Waals surface area contributed by atoms with Crippen molar-refractivity contribution in [3.05, 3.63) is 29.3 Å². The molecule has 2 heterocycles. The molecule has 3 amide bonds. The molecule has 1 aromatic rings. The Morgan fingerprint density at radius 3 is 2.38 bits per heavy atom. The molecule has 140 valence electrons. The Morgan fingerprint density at radius 2 is 1.73 bits per heavy atom. The summed E-state index contributed by atoms with van der Waals surface area (Å²) in [5, 5.41) is 3.28. The van der Waals surface area contributed by atoms with Crippen LogP contribution in [0.25, 0.3) is 0 Å². The number of halogens is 1. The molecule has 0 aromatic heterocycles. The zero-order valence-electron chi connectivity index (χ0n) is 14.1. The molecule has 0 spiro atoms. The van der Waals surface area contributed by atoms with Gasteiger partial charge in [-0.3, -0.25) is 4.79 Å². The molecule has 0 bridgehead atoms. The first-order valence-electron chi connectivity index (χ1n) is 8.68. The molecule has 2 atom stereocenters. The highest BCUT2D eigenvalue weighted by molar-refractivity contribution is 7.91.